The number of ketones is 3. The summed E-state index contributed by atoms with van der Waals surface area (Å²) in [6.45, 7) is 3.36. The van der Waals surface area contributed by atoms with Crippen LogP contribution in [0.5, 0.6) is 0 Å². The Kier molecular flexibility index (Phi) is 3.66. The van der Waals surface area contributed by atoms with Crippen molar-refractivity contribution in [1.82, 2.24) is 0 Å². The number of benzene rings is 1. The second-order valence-electron chi connectivity index (χ2n) is 4.14. The first-order chi connectivity index (χ1) is 9.13. The highest BCUT2D eigenvalue weighted by Crippen LogP contribution is 2.19. The Labute approximate surface area is 110 Å². The molecule has 1 aliphatic rings. The van der Waals surface area contributed by atoms with Gasteiger partial charge in [-0.1, -0.05) is 49.1 Å². The van der Waals surface area contributed by atoms with Crippen molar-refractivity contribution in [3.05, 3.63) is 72.4 Å². The van der Waals surface area contributed by atoms with Crippen LogP contribution in [-0.4, -0.2) is 17.3 Å². The molecule has 19 heavy (non-hydrogen) atoms. The van der Waals surface area contributed by atoms with Crippen molar-refractivity contribution < 1.29 is 14.4 Å². The summed E-state index contributed by atoms with van der Waals surface area (Å²) in [6, 6.07) is 8.62. The topological polar surface area (TPSA) is 51.2 Å². The Morgan fingerprint density at radius 2 is 1.84 bits per heavy atom. The summed E-state index contributed by atoms with van der Waals surface area (Å²) in [5.41, 5.74) is 0.745. The number of carbonyl (C=O) groups is 3. The molecule has 0 saturated carbocycles. The average Bonchev–Trinajstić information content (AvgIpc) is 2.46. The lowest BCUT2D eigenvalue weighted by molar-refractivity contribution is -0.117. The molecule has 1 aromatic carbocycles. The van der Waals surface area contributed by atoms with Crippen molar-refractivity contribution >= 4 is 17.3 Å². The van der Waals surface area contributed by atoms with E-state index < -0.39 is 5.92 Å². The third-order valence-corrected chi connectivity index (χ3v) is 2.88. The van der Waals surface area contributed by atoms with Crippen LogP contribution in [0.25, 0.3) is 0 Å². The highest BCUT2D eigenvalue weighted by molar-refractivity contribution is 6.20. The van der Waals surface area contributed by atoms with E-state index >= 15 is 0 Å². The summed E-state index contributed by atoms with van der Waals surface area (Å²) in [5, 5.41) is 0. The van der Waals surface area contributed by atoms with Crippen LogP contribution in [0.3, 0.4) is 0 Å². The molecule has 0 saturated heterocycles. The smallest absolute Gasteiger partial charge is 0.185 e. The van der Waals surface area contributed by atoms with Gasteiger partial charge >= 0.3 is 0 Å². The van der Waals surface area contributed by atoms with Crippen LogP contribution in [0.2, 0.25) is 0 Å². The SMILES string of the molecule is C=CC(=O)C1=CC(=O)C(C(=O)c2ccccc2)C=C1. The maximum Gasteiger partial charge on any atom is 0.185 e. The van der Waals surface area contributed by atoms with Crippen molar-refractivity contribution in [2.45, 2.75) is 0 Å². The quantitative estimate of drug-likeness (QED) is 0.469. The van der Waals surface area contributed by atoms with E-state index in [1.54, 1.807) is 30.3 Å². The highest BCUT2D eigenvalue weighted by atomic mass is 16.2. The number of hydrogen-bond acceptors (Lipinski definition) is 3. The molecule has 3 nitrogen and oxygen atoms in total. The Balaban J connectivity index is 2.23. The van der Waals surface area contributed by atoms with Gasteiger partial charge in [-0.3, -0.25) is 14.4 Å². The monoisotopic (exact) mass is 252 g/mol. The molecule has 0 heterocycles. The summed E-state index contributed by atoms with van der Waals surface area (Å²) in [5.74, 6) is -1.80. The lowest BCUT2D eigenvalue weighted by atomic mass is 9.87. The Morgan fingerprint density at radius 3 is 2.42 bits per heavy atom. The van der Waals surface area contributed by atoms with Gasteiger partial charge in [0.25, 0.3) is 0 Å². The molecule has 0 amide bonds. The minimum absolute atomic E-state index is 0.261. The van der Waals surface area contributed by atoms with Crippen LogP contribution < -0.4 is 0 Å². The van der Waals surface area contributed by atoms with Gasteiger partial charge in [0.2, 0.25) is 0 Å². The van der Waals surface area contributed by atoms with E-state index in [4.69, 9.17) is 0 Å². The van der Waals surface area contributed by atoms with E-state index in [-0.39, 0.29) is 22.9 Å². The number of carbonyl (C=O) groups excluding carboxylic acids is 3. The minimum Gasteiger partial charge on any atom is -0.294 e. The number of rotatable bonds is 4. The van der Waals surface area contributed by atoms with Crippen LogP contribution in [0.1, 0.15) is 10.4 Å². The summed E-state index contributed by atoms with van der Waals surface area (Å²) in [7, 11) is 0. The Morgan fingerprint density at radius 1 is 1.16 bits per heavy atom. The fraction of sp³-hybridized carbons (Fsp3) is 0.0625. The van der Waals surface area contributed by atoms with Crippen LogP contribution in [0, 0.1) is 5.92 Å². The molecule has 1 unspecified atom stereocenters. The third kappa shape index (κ3) is 2.65. The number of Topliss-reactive ketones (excluding diaryl/α,β-unsaturated/α-hetero) is 1. The van der Waals surface area contributed by atoms with Crippen LogP contribution >= 0.6 is 0 Å². The highest BCUT2D eigenvalue weighted by Gasteiger charge is 2.26. The molecule has 0 radical (unpaired) electrons. The van der Waals surface area contributed by atoms with Crippen molar-refractivity contribution in [2.24, 2.45) is 5.92 Å². The van der Waals surface area contributed by atoms with Crippen LogP contribution in [0.15, 0.2) is 66.8 Å². The van der Waals surface area contributed by atoms with Crippen molar-refractivity contribution in [1.29, 1.82) is 0 Å². The fourth-order valence-electron chi connectivity index (χ4n) is 1.86. The molecular weight excluding hydrogens is 240 g/mol. The lowest BCUT2D eigenvalue weighted by Gasteiger charge is -2.13. The molecule has 2 rings (SSSR count). The van der Waals surface area contributed by atoms with Crippen LogP contribution in [-0.2, 0) is 9.59 Å². The first-order valence-electron chi connectivity index (χ1n) is 5.83. The van der Waals surface area contributed by atoms with Gasteiger partial charge < -0.3 is 0 Å². The van der Waals surface area contributed by atoms with E-state index in [1.165, 1.54) is 18.2 Å². The molecule has 0 spiro atoms. The number of hydrogen-bond donors (Lipinski definition) is 0. The zero-order chi connectivity index (χ0) is 13.8. The molecule has 0 bridgehead atoms. The molecule has 3 heteroatoms. The Hall–Kier alpha value is -2.55. The third-order valence-electron chi connectivity index (χ3n) is 2.88. The zero-order valence-corrected chi connectivity index (χ0v) is 10.2. The predicted molar refractivity (Wildman–Crippen MR) is 71.7 cm³/mol. The van der Waals surface area contributed by atoms with E-state index in [0.29, 0.717) is 5.56 Å². The van der Waals surface area contributed by atoms with Gasteiger partial charge in [-0.15, -0.1) is 0 Å². The molecule has 94 valence electrons. The minimum atomic E-state index is -0.844. The first kappa shape index (κ1) is 12.9. The summed E-state index contributed by atoms with van der Waals surface area (Å²) in [4.78, 5) is 35.4. The van der Waals surface area contributed by atoms with Crippen LogP contribution in [0.4, 0.5) is 0 Å². The van der Waals surface area contributed by atoms with E-state index in [1.807, 2.05) is 0 Å². The van der Waals surface area contributed by atoms with Gasteiger partial charge in [-0.2, -0.15) is 0 Å². The van der Waals surface area contributed by atoms with E-state index in [2.05, 4.69) is 6.58 Å². The van der Waals surface area contributed by atoms with Crippen molar-refractivity contribution in [3.63, 3.8) is 0 Å². The molecular formula is C16H12O3. The zero-order valence-electron chi connectivity index (χ0n) is 10.2. The molecule has 0 N–H and O–H groups in total. The van der Waals surface area contributed by atoms with Gasteiger partial charge in [-0.05, 0) is 12.2 Å². The first-order valence-corrected chi connectivity index (χ1v) is 5.83. The van der Waals surface area contributed by atoms with Gasteiger partial charge in [0, 0.05) is 11.1 Å². The second kappa shape index (κ2) is 5.40. The number of allylic oxidation sites excluding steroid dienone is 5. The van der Waals surface area contributed by atoms with Gasteiger partial charge in [0.1, 0.15) is 5.92 Å². The lowest BCUT2D eigenvalue weighted by Crippen LogP contribution is -2.24. The molecule has 1 atom stereocenters. The maximum atomic E-state index is 12.1. The second-order valence-corrected chi connectivity index (χ2v) is 4.14. The van der Waals surface area contributed by atoms with Gasteiger partial charge in [0.15, 0.2) is 17.3 Å². The summed E-state index contributed by atoms with van der Waals surface area (Å²) in [6.07, 6.45) is 5.31. The summed E-state index contributed by atoms with van der Waals surface area (Å²) >= 11 is 0. The molecule has 0 fully saturated rings. The van der Waals surface area contributed by atoms with E-state index in [0.717, 1.165) is 6.08 Å². The van der Waals surface area contributed by atoms with Crippen molar-refractivity contribution in [3.8, 4) is 0 Å². The standard InChI is InChI=1S/C16H12O3/c1-2-14(17)12-8-9-13(15(18)10-12)16(19)11-6-4-3-5-7-11/h2-10,13H,1H2. The fourth-order valence-corrected chi connectivity index (χ4v) is 1.86. The maximum absolute atomic E-state index is 12.1. The van der Waals surface area contributed by atoms with Crippen molar-refractivity contribution in [2.75, 3.05) is 0 Å². The average molecular weight is 252 g/mol. The predicted octanol–water partition coefficient (Wildman–Crippen LogP) is 2.31. The van der Waals surface area contributed by atoms with E-state index in [9.17, 15) is 14.4 Å². The molecule has 1 aromatic rings. The largest absolute Gasteiger partial charge is 0.294 e. The van der Waals surface area contributed by atoms with Gasteiger partial charge in [0.05, 0.1) is 0 Å². The molecule has 0 aliphatic heterocycles. The Bertz CT molecular complexity index is 606. The normalized spacial score (nSPS) is 17.8. The molecule has 0 aromatic heterocycles. The summed E-state index contributed by atoms with van der Waals surface area (Å²) < 4.78 is 0. The van der Waals surface area contributed by atoms with Gasteiger partial charge in [-0.25, -0.2) is 0 Å². The molecule has 1 aliphatic carbocycles.